The van der Waals surface area contributed by atoms with Crippen molar-refractivity contribution in [3.8, 4) is 0 Å². The van der Waals surface area contributed by atoms with Gasteiger partial charge in [-0.25, -0.2) is 0 Å². The van der Waals surface area contributed by atoms with Crippen LogP contribution in [0.3, 0.4) is 0 Å². The lowest BCUT2D eigenvalue weighted by molar-refractivity contribution is 0.0758. The van der Waals surface area contributed by atoms with Crippen LogP contribution in [0.2, 0.25) is 0 Å². The van der Waals surface area contributed by atoms with Gasteiger partial charge in [-0.2, -0.15) is 0 Å². The van der Waals surface area contributed by atoms with Crippen molar-refractivity contribution in [2.24, 2.45) is 0 Å². The number of hydrogen-bond donors (Lipinski definition) is 1. The Labute approximate surface area is 91.7 Å². The summed E-state index contributed by atoms with van der Waals surface area (Å²) in [6.45, 7) is 4.98. The lowest BCUT2D eigenvalue weighted by Crippen LogP contribution is -2.40. The fourth-order valence-corrected chi connectivity index (χ4v) is 1.89. The van der Waals surface area contributed by atoms with Gasteiger partial charge in [-0.1, -0.05) is 31.2 Å². The fraction of sp³-hybridized carbons (Fsp3) is 0.538. The summed E-state index contributed by atoms with van der Waals surface area (Å²) in [5.74, 6) is 0. The van der Waals surface area contributed by atoms with Crippen LogP contribution in [-0.2, 0) is 4.74 Å². The average molecular weight is 205 g/mol. The average Bonchev–Trinajstić information content (AvgIpc) is 2.95. The molecule has 0 radical (unpaired) electrons. The third-order valence-electron chi connectivity index (χ3n) is 2.92. The summed E-state index contributed by atoms with van der Waals surface area (Å²) in [5, 5.41) is 3.34. The van der Waals surface area contributed by atoms with Gasteiger partial charge in [0.15, 0.2) is 0 Å². The van der Waals surface area contributed by atoms with E-state index in [-0.39, 0.29) is 0 Å². The van der Waals surface area contributed by atoms with Crippen LogP contribution >= 0.6 is 0 Å². The highest BCUT2D eigenvalue weighted by molar-refractivity contribution is 5.49. The van der Waals surface area contributed by atoms with Crippen LogP contribution in [0.5, 0.6) is 0 Å². The van der Waals surface area contributed by atoms with Crippen LogP contribution in [0.1, 0.15) is 19.8 Å². The lowest BCUT2D eigenvalue weighted by atomic mass is 10.2. The smallest absolute Gasteiger partial charge is 0.0620 e. The Bertz CT molecular complexity index is 276. The van der Waals surface area contributed by atoms with Crippen LogP contribution in [-0.4, -0.2) is 25.8 Å². The molecule has 0 saturated carbocycles. The minimum atomic E-state index is 0.615. The van der Waals surface area contributed by atoms with E-state index in [4.69, 9.17) is 4.74 Å². The minimum Gasteiger partial charge on any atom is -0.379 e. The molecule has 0 aromatic carbocycles. The normalized spacial score (nSPS) is 26.9. The van der Waals surface area contributed by atoms with Gasteiger partial charge in [0.2, 0.25) is 0 Å². The Morgan fingerprint density at radius 2 is 2.07 bits per heavy atom. The maximum atomic E-state index is 5.21. The highest BCUT2D eigenvalue weighted by atomic mass is 16.5. The quantitative estimate of drug-likeness (QED) is 0.708. The second-order valence-corrected chi connectivity index (χ2v) is 4.13. The molecule has 2 aliphatic carbocycles. The first-order valence-corrected chi connectivity index (χ1v) is 5.77. The molecule has 2 nitrogen and oxygen atoms in total. The topological polar surface area (TPSA) is 21.3 Å². The highest BCUT2D eigenvalue weighted by Crippen LogP contribution is 2.27. The van der Waals surface area contributed by atoms with Gasteiger partial charge in [0.25, 0.3) is 0 Å². The van der Waals surface area contributed by atoms with E-state index in [0.29, 0.717) is 6.04 Å². The number of hydrogen-bond acceptors (Lipinski definition) is 2. The zero-order chi connectivity index (χ0) is 10.5. The molecule has 15 heavy (non-hydrogen) atoms. The second kappa shape index (κ2) is 5.29. The molecule has 1 atom stereocenters. The van der Waals surface area contributed by atoms with Gasteiger partial charge < -0.3 is 10.1 Å². The number of nitrogens with one attached hydrogen (secondary N) is 1. The van der Waals surface area contributed by atoms with Crippen molar-refractivity contribution < 1.29 is 4.74 Å². The Morgan fingerprint density at radius 3 is 2.33 bits per heavy atom. The van der Waals surface area contributed by atoms with E-state index < -0.39 is 0 Å². The summed E-state index contributed by atoms with van der Waals surface area (Å²) in [5.41, 5.74) is 2.94. The van der Waals surface area contributed by atoms with E-state index in [0.717, 1.165) is 19.8 Å². The van der Waals surface area contributed by atoms with Gasteiger partial charge in [0, 0.05) is 12.6 Å². The molecule has 3 rings (SSSR count). The van der Waals surface area contributed by atoms with Crippen molar-refractivity contribution in [1.82, 2.24) is 5.32 Å². The van der Waals surface area contributed by atoms with E-state index in [2.05, 4.69) is 36.5 Å². The zero-order valence-electron chi connectivity index (χ0n) is 9.33. The third-order valence-corrected chi connectivity index (χ3v) is 2.92. The Balaban J connectivity index is 0.000000114. The summed E-state index contributed by atoms with van der Waals surface area (Å²) in [6.07, 6.45) is 11.1. The maximum absolute atomic E-state index is 5.21. The second-order valence-electron chi connectivity index (χ2n) is 4.13. The van der Waals surface area contributed by atoms with Crippen molar-refractivity contribution in [2.75, 3.05) is 19.8 Å². The van der Waals surface area contributed by atoms with Crippen LogP contribution in [0.25, 0.3) is 0 Å². The first-order chi connectivity index (χ1) is 7.38. The minimum absolute atomic E-state index is 0.615. The monoisotopic (exact) mass is 205 g/mol. The molecular weight excluding hydrogens is 186 g/mol. The Hall–Kier alpha value is -0.860. The van der Waals surface area contributed by atoms with Gasteiger partial charge in [0.05, 0.1) is 13.2 Å². The molecule has 3 aliphatic rings. The van der Waals surface area contributed by atoms with Gasteiger partial charge in [-0.15, -0.1) is 0 Å². The number of morpholine rings is 1. The van der Waals surface area contributed by atoms with Gasteiger partial charge in [0.1, 0.15) is 0 Å². The van der Waals surface area contributed by atoms with Gasteiger partial charge in [-0.05, 0) is 24.0 Å². The number of ether oxygens (including phenoxy) is 1. The standard InChI is InChI=1S/C7H6.C6H13NO/c1-2-7-4-3-6(1)5-7;1-2-6-5-8-4-3-7-6/h1-4H,5H2;6-7H,2-5H2,1H3/t;6-/m.1/s1. The summed E-state index contributed by atoms with van der Waals surface area (Å²) in [7, 11) is 0. The summed E-state index contributed by atoms with van der Waals surface area (Å²) in [4.78, 5) is 0. The van der Waals surface area contributed by atoms with Crippen LogP contribution < -0.4 is 5.32 Å². The first kappa shape index (κ1) is 10.7. The van der Waals surface area contributed by atoms with Crippen molar-refractivity contribution in [2.45, 2.75) is 25.8 Å². The number of rotatable bonds is 1. The Morgan fingerprint density at radius 1 is 1.33 bits per heavy atom. The molecule has 1 fully saturated rings. The molecular formula is C13H19NO. The van der Waals surface area contributed by atoms with Gasteiger partial charge >= 0.3 is 0 Å². The van der Waals surface area contributed by atoms with Crippen molar-refractivity contribution in [3.63, 3.8) is 0 Å². The molecule has 1 heterocycles. The summed E-state index contributed by atoms with van der Waals surface area (Å²) >= 11 is 0. The number of allylic oxidation sites excluding steroid dienone is 6. The highest BCUT2D eigenvalue weighted by Gasteiger charge is 2.08. The molecule has 1 N–H and O–H groups in total. The van der Waals surface area contributed by atoms with Crippen molar-refractivity contribution >= 4 is 0 Å². The van der Waals surface area contributed by atoms with Crippen molar-refractivity contribution in [3.05, 3.63) is 35.5 Å². The third kappa shape index (κ3) is 3.05. The molecule has 2 heteroatoms. The molecule has 0 aromatic rings. The molecule has 1 saturated heterocycles. The molecule has 0 unspecified atom stereocenters. The van der Waals surface area contributed by atoms with Crippen LogP contribution in [0.15, 0.2) is 35.5 Å². The molecule has 0 aromatic heterocycles. The number of fused-ring (bicyclic) bond motifs is 2. The van der Waals surface area contributed by atoms with E-state index in [1.54, 1.807) is 0 Å². The van der Waals surface area contributed by atoms with Gasteiger partial charge in [-0.3, -0.25) is 0 Å². The predicted octanol–water partition coefficient (Wildman–Crippen LogP) is 2.20. The summed E-state index contributed by atoms with van der Waals surface area (Å²) < 4.78 is 5.21. The lowest BCUT2D eigenvalue weighted by Gasteiger charge is -2.21. The molecule has 1 aliphatic heterocycles. The fourth-order valence-electron chi connectivity index (χ4n) is 1.89. The van der Waals surface area contributed by atoms with E-state index in [1.807, 2.05) is 0 Å². The SMILES string of the molecule is C1=CC2=CC=C1C2.CC[C@@H]1COCCN1. The van der Waals surface area contributed by atoms with E-state index in [9.17, 15) is 0 Å². The molecule has 0 amide bonds. The molecule has 0 spiro atoms. The first-order valence-electron chi connectivity index (χ1n) is 5.77. The molecule has 82 valence electrons. The molecule has 2 bridgehead atoms. The van der Waals surface area contributed by atoms with Crippen LogP contribution in [0, 0.1) is 0 Å². The zero-order valence-corrected chi connectivity index (χ0v) is 9.33. The van der Waals surface area contributed by atoms with Crippen molar-refractivity contribution in [1.29, 1.82) is 0 Å². The Kier molecular flexibility index (Phi) is 3.75. The van der Waals surface area contributed by atoms with E-state index >= 15 is 0 Å². The maximum Gasteiger partial charge on any atom is 0.0620 e. The summed E-state index contributed by atoms with van der Waals surface area (Å²) in [6, 6.07) is 0.615. The largest absolute Gasteiger partial charge is 0.379 e. The predicted molar refractivity (Wildman–Crippen MR) is 62.8 cm³/mol. The van der Waals surface area contributed by atoms with E-state index in [1.165, 1.54) is 24.0 Å². The van der Waals surface area contributed by atoms with Crippen LogP contribution in [0.4, 0.5) is 0 Å².